The van der Waals surface area contributed by atoms with Crippen LogP contribution >= 0.6 is 11.3 Å². The highest BCUT2D eigenvalue weighted by molar-refractivity contribution is 7.09. The summed E-state index contributed by atoms with van der Waals surface area (Å²) in [5.74, 6) is 1.77. The third-order valence-corrected chi connectivity index (χ3v) is 4.78. The molecule has 0 spiro atoms. The minimum atomic E-state index is 0.736. The van der Waals surface area contributed by atoms with Gasteiger partial charge in [-0.3, -0.25) is 4.99 Å². The highest BCUT2D eigenvalue weighted by Gasteiger charge is 2.10. The first-order chi connectivity index (χ1) is 11.7. The van der Waals surface area contributed by atoms with Crippen molar-refractivity contribution in [3.05, 3.63) is 45.9 Å². The van der Waals surface area contributed by atoms with E-state index in [0.29, 0.717) is 0 Å². The maximum atomic E-state index is 5.42. The molecule has 1 aromatic heterocycles. The van der Waals surface area contributed by atoms with E-state index in [2.05, 4.69) is 38.6 Å². The van der Waals surface area contributed by atoms with Gasteiger partial charge in [0.15, 0.2) is 5.96 Å². The van der Waals surface area contributed by atoms with Gasteiger partial charge in [0.25, 0.3) is 0 Å². The second kappa shape index (κ2) is 9.27. The van der Waals surface area contributed by atoms with Crippen LogP contribution in [0.4, 0.5) is 0 Å². The summed E-state index contributed by atoms with van der Waals surface area (Å²) in [6.45, 7) is 3.69. The Hall–Kier alpha value is -2.08. The lowest BCUT2D eigenvalue weighted by molar-refractivity contribution is 0.396. The molecule has 5 nitrogen and oxygen atoms in total. The summed E-state index contributed by atoms with van der Waals surface area (Å²) in [4.78, 5) is 11.1. The number of ether oxygens (including phenoxy) is 1. The van der Waals surface area contributed by atoms with E-state index in [9.17, 15) is 0 Å². The van der Waals surface area contributed by atoms with Crippen LogP contribution in [0.3, 0.4) is 0 Å². The SMILES string of the molecule is CCc1nc(CCNC(=NC)N(C)Cc2ccccc2OC)cs1. The van der Waals surface area contributed by atoms with Crippen LogP contribution in [0.25, 0.3) is 0 Å². The lowest BCUT2D eigenvalue weighted by atomic mass is 10.2. The zero-order chi connectivity index (χ0) is 17.4. The molecule has 2 rings (SSSR count). The van der Waals surface area contributed by atoms with Crippen LogP contribution in [0.15, 0.2) is 34.6 Å². The molecule has 0 saturated heterocycles. The van der Waals surface area contributed by atoms with Gasteiger partial charge in [0.05, 0.1) is 17.8 Å². The summed E-state index contributed by atoms with van der Waals surface area (Å²) in [7, 11) is 5.53. The molecule has 0 radical (unpaired) electrons. The van der Waals surface area contributed by atoms with E-state index < -0.39 is 0 Å². The molecule has 1 heterocycles. The number of nitrogens with zero attached hydrogens (tertiary/aromatic N) is 3. The molecule has 24 heavy (non-hydrogen) atoms. The van der Waals surface area contributed by atoms with Gasteiger partial charge in [0, 0.05) is 44.5 Å². The van der Waals surface area contributed by atoms with Crippen molar-refractivity contribution in [3.8, 4) is 5.75 Å². The van der Waals surface area contributed by atoms with E-state index in [4.69, 9.17) is 4.74 Å². The zero-order valence-electron chi connectivity index (χ0n) is 14.9. The van der Waals surface area contributed by atoms with Crippen molar-refractivity contribution in [1.29, 1.82) is 0 Å². The van der Waals surface area contributed by atoms with Crippen LogP contribution < -0.4 is 10.1 Å². The first-order valence-electron chi connectivity index (χ1n) is 8.14. The van der Waals surface area contributed by atoms with Gasteiger partial charge in [-0.2, -0.15) is 0 Å². The molecular formula is C18H26N4OS. The van der Waals surface area contributed by atoms with Crippen LogP contribution in [0.5, 0.6) is 5.75 Å². The number of hydrogen-bond acceptors (Lipinski definition) is 4. The summed E-state index contributed by atoms with van der Waals surface area (Å²) in [6, 6.07) is 8.06. The number of thiazole rings is 1. The van der Waals surface area contributed by atoms with Gasteiger partial charge in [-0.05, 0) is 12.5 Å². The Morgan fingerprint density at radius 3 is 2.83 bits per heavy atom. The van der Waals surface area contributed by atoms with Crippen molar-refractivity contribution >= 4 is 17.3 Å². The van der Waals surface area contributed by atoms with Gasteiger partial charge in [0.2, 0.25) is 0 Å². The normalized spacial score (nSPS) is 11.4. The van der Waals surface area contributed by atoms with Crippen molar-refractivity contribution < 1.29 is 4.74 Å². The smallest absolute Gasteiger partial charge is 0.193 e. The predicted octanol–water partition coefficient (Wildman–Crippen LogP) is 2.96. The lowest BCUT2D eigenvalue weighted by Gasteiger charge is -2.23. The van der Waals surface area contributed by atoms with Crippen molar-refractivity contribution in [2.24, 2.45) is 4.99 Å². The predicted molar refractivity (Wildman–Crippen MR) is 101 cm³/mol. The summed E-state index contributed by atoms with van der Waals surface area (Å²) in [5.41, 5.74) is 2.28. The number of para-hydroxylation sites is 1. The monoisotopic (exact) mass is 346 g/mol. The van der Waals surface area contributed by atoms with E-state index in [-0.39, 0.29) is 0 Å². The number of aromatic nitrogens is 1. The molecule has 1 N–H and O–H groups in total. The van der Waals surface area contributed by atoms with Crippen LogP contribution in [0, 0.1) is 0 Å². The minimum Gasteiger partial charge on any atom is -0.496 e. The lowest BCUT2D eigenvalue weighted by Crippen LogP contribution is -2.39. The Labute approximate surface area is 148 Å². The highest BCUT2D eigenvalue weighted by atomic mass is 32.1. The molecule has 2 aromatic rings. The number of benzene rings is 1. The standard InChI is InChI=1S/C18H26N4OS/c1-5-17-21-15(13-24-17)10-11-20-18(19-2)22(3)12-14-8-6-7-9-16(14)23-4/h6-9,13H,5,10-12H2,1-4H3,(H,19,20). The summed E-state index contributed by atoms with van der Waals surface area (Å²) < 4.78 is 5.42. The summed E-state index contributed by atoms with van der Waals surface area (Å²) in [5, 5.41) is 6.74. The molecule has 0 saturated carbocycles. The number of guanidine groups is 1. The third-order valence-electron chi connectivity index (χ3n) is 3.74. The van der Waals surface area contributed by atoms with E-state index in [1.54, 1.807) is 25.5 Å². The quantitative estimate of drug-likeness (QED) is 0.618. The fraction of sp³-hybridized carbons (Fsp3) is 0.444. The minimum absolute atomic E-state index is 0.736. The van der Waals surface area contributed by atoms with Crippen molar-refractivity contribution in [1.82, 2.24) is 15.2 Å². The molecule has 0 unspecified atom stereocenters. The van der Waals surface area contributed by atoms with E-state index >= 15 is 0 Å². The molecule has 6 heteroatoms. The molecule has 0 aliphatic carbocycles. The van der Waals surface area contributed by atoms with Crippen molar-refractivity contribution in [2.75, 3.05) is 27.7 Å². The fourth-order valence-corrected chi connectivity index (χ4v) is 3.26. The fourth-order valence-electron chi connectivity index (χ4n) is 2.48. The average molecular weight is 347 g/mol. The Morgan fingerprint density at radius 1 is 1.38 bits per heavy atom. The first kappa shape index (κ1) is 18.3. The maximum absolute atomic E-state index is 5.42. The van der Waals surface area contributed by atoms with Gasteiger partial charge in [-0.1, -0.05) is 25.1 Å². The molecule has 0 bridgehead atoms. The van der Waals surface area contributed by atoms with E-state index in [1.165, 1.54) is 5.01 Å². The Morgan fingerprint density at radius 2 is 2.17 bits per heavy atom. The number of nitrogens with one attached hydrogen (secondary N) is 1. The van der Waals surface area contributed by atoms with Gasteiger partial charge in [-0.25, -0.2) is 4.98 Å². The van der Waals surface area contributed by atoms with Crippen LogP contribution in [0.1, 0.15) is 23.2 Å². The number of aryl methyl sites for hydroxylation is 1. The molecule has 0 fully saturated rings. The van der Waals surface area contributed by atoms with E-state index in [0.717, 1.165) is 48.9 Å². The topological polar surface area (TPSA) is 49.8 Å². The number of aliphatic imine (C=N–C) groups is 1. The van der Waals surface area contributed by atoms with Gasteiger partial charge in [-0.15, -0.1) is 11.3 Å². The second-order valence-corrected chi connectivity index (χ2v) is 6.42. The largest absolute Gasteiger partial charge is 0.496 e. The zero-order valence-corrected chi connectivity index (χ0v) is 15.7. The van der Waals surface area contributed by atoms with Gasteiger partial charge < -0.3 is 15.0 Å². The third kappa shape index (κ3) is 4.96. The highest BCUT2D eigenvalue weighted by Crippen LogP contribution is 2.18. The number of hydrogen-bond donors (Lipinski definition) is 1. The Bertz CT molecular complexity index is 669. The molecule has 1 aromatic carbocycles. The molecule has 0 aliphatic heterocycles. The second-order valence-electron chi connectivity index (χ2n) is 5.48. The van der Waals surface area contributed by atoms with Crippen LogP contribution in [0.2, 0.25) is 0 Å². The molecular weight excluding hydrogens is 320 g/mol. The molecule has 0 amide bonds. The number of rotatable bonds is 7. The Kier molecular flexibility index (Phi) is 7.06. The van der Waals surface area contributed by atoms with Gasteiger partial charge >= 0.3 is 0 Å². The van der Waals surface area contributed by atoms with Crippen molar-refractivity contribution in [3.63, 3.8) is 0 Å². The molecule has 0 atom stereocenters. The molecule has 130 valence electrons. The first-order valence-corrected chi connectivity index (χ1v) is 9.02. The van der Waals surface area contributed by atoms with Crippen molar-refractivity contribution in [2.45, 2.75) is 26.3 Å². The summed E-state index contributed by atoms with van der Waals surface area (Å²) >= 11 is 1.73. The van der Waals surface area contributed by atoms with Crippen LogP contribution in [-0.2, 0) is 19.4 Å². The Balaban J connectivity index is 1.88. The van der Waals surface area contributed by atoms with Crippen LogP contribution in [-0.4, -0.2) is 43.6 Å². The van der Waals surface area contributed by atoms with E-state index in [1.807, 2.05) is 25.2 Å². The van der Waals surface area contributed by atoms with Gasteiger partial charge in [0.1, 0.15) is 5.75 Å². The molecule has 0 aliphatic rings. The number of methoxy groups -OCH3 is 1. The maximum Gasteiger partial charge on any atom is 0.193 e. The summed E-state index contributed by atoms with van der Waals surface area (Å²) in [6.07, 6.45) is 1.90. The average Bonchev–Trinajstić information content (AvgIpc) is 3.07.